The van der Waals surface area contributed by atoms with Crippen LogP contribution in [0.1, 0.15) is 30.6 Å². The van der Waals surface area contributed by atoms with Crippen molar-refractivity contribution < 1.29 is 9.53 Å². The lowest BCUT2D eigenvalue weighted by atomic mass is 10.0. The van der Waals surface area contributed by atoms with Gasteiger partial charge in [0.15, 0.2) is 0 Å². The highest BCUT2D eigenvalue weighted by Crippen LogP contribution is 2.30. The maximum atomic E-state index is 13.0. The van der Waals surface area contributed by atoms with E-state index in [9.17, 15) is 4.79 Å². The third-order valence-electron chi connectivity index (χ3n) is 4.24. The van der Waals surface area contributed by atoms with Crippen LogP contribution in [0, 0.1) is 0 Å². The quantitative estimate of drug-likeness (QED) is 0.876. The highest BCUT2D eigenvalue weighted by Gasteiger charge is 2.31. The standard InChI is InChI=1S/C16H23N3O2/c1-3-12-10-21-11(2)9-19(12)16(20)13-5-4-6-14-15(13)18-8-7-17-14/h4-6,11-12,17-18H,3,7-10H2,1-2H3. The van der Waals surface area contributed by atoms with E-state index in [-0.39, 0.29) is 18.1 Å². The molecule has 5 nitrogen and oxygen atoms in total. The van der Waals surface area contributed by atoms with Gasteiger partial charge < -0.3 is 20.3 Å². The first kappa shape index (κ1) is 14.2. The number of morpholine rings is 1. The number of fused-ring (bicyclic) bond motifs is 1. The molecule has 0 radical (unpaired) electrons. The van der Waals surface area contributed by atoms with E-state index in [1.807, 2.05) is 30.0 Å². The number of hydrogen-bond donors (Lipinski definition) is 2. The van der Waals surface area contributed by atoms with Crippen LogP contribution in [0.4, 0.5) is 11.4 Å². The molecule has 2 aliphatic rings. The number of para-hydroxylation sites is 1. The van der Waals surface area contributed by atoms with E-state index in [0.29, 0.717) is 13.2 Å². The van der Waals surface area contributed by atoms with Crippen molar-refractivity contribution in [2.24, 2.45) is 0 Å². The Morgan fingerprint density at radius 2 is 2.19 bits per heavy atom. The number of amides is 1. The molecule has 0 aromatic heterocycles. The number of nitrogens with one attached hydrogen (secondary N) is 2. The van der Waals surface area contributed by atoms with Gasteiger partial charge in [-0.05, 0) is 25.5 Å². The molecule has 2 unspecified atom stereocenters. The second kappa shape index (κ2) is 5.93. The molecule has 1 fully saturated rings. The molecule has 1 aromatic carbocycles. The van der Waals surface area contributed by atoms with Crippen molar-refractivity contribution in [3.63, 3.8) is 0 Å². The molecule has 114 valence electrons. The van der Waals surface area contributed by atoms with Crippen LogP contribution < -0.4 is 10.6 Å². The first-order valence-corrected chi connectivity index (χ1v) is 7.74. The molecule has 2 heterocycles. The number of carbonyl (C=O) groups excluding carboxylic acids is 1. The lowest BCUT2D eigenvalue weighted by molar-refractivity contribution is -0.0443. The van der Waals surface area contributed by atoms with E-state index in [1.54, 1.807) is 0 Å². The van der Waals surface area contributed by atoms with Gasteiger partial charge in [-0.25, -0.2) is 0 Å². The number of hydrogen-bond acceptors (Lipinski definition) is 4. The van der Waals surface area contributed by atoms with Crippen LogP contribution in [-0.4, -0.2) is 49.2 Å². The molecule has 21 heavy (non-hydrogen) atoms. The molecule has 1 saturated heterocycles. The Hall–Kier alpha value is -1.75. The van der Waals surface area contributed by atoms with Gasteiger partial charge in [-0.2, -0.15) is 0 Å². The fourth-order valence-electron chi connectivity index (χ4n) is 3.04. The van der Waals surface area contributed by atoms with Gasteiger partial charge in [0.2, 0.25) is 0 Å². The summed E-state index contributed by atoms with van der Waals surface area (Å²) in [5.74, 6) is 0.102. The Kier molecular flexibility index (Phi) is 4.01. The van der Waals surface area contributed by atoms with E-state index >= 15 is 0 Å². The molecule has 0 aliphatic carbocycles. The van der Waals surface area contributed by atoms with Gasteiger partial charge >= 0.3 is 0 Å². The van der Waals surface area contributed by atoms with Gasteiger partial charge in [0.05, 0.1) is 35.7 Å². The number of rotatable bonds is 2. The minimum absolute atomic E-state index is 0.0994. The summed E-state index contributed by atoms with van der Waals surface area (Å²) in [7, 11) is 0. The van der Waals surface area contributed by atoms with E-state index in [0.717, 1.165) is 36.4 Å². The number of benzene rings is 1. The topological polar surface area (TPSA) is 53.6 Å². The van der Waals surface area contributed by atoms with Crippen molar-refractivity contribution in [2.45, 2.75) is 32.4 Å². The smallest absolute Gasteiger partial charge is 0.256 e. The molecule has 1 aromatic rings. The summed E-state index contributed by atoms with van der Waals surface area (Å²) < 4.78 is 5.69. The lowest BCUT2D eigenvalue weighted by Gasteiger charge is -2.39. The second-order valence-corrected chi connectivity index (χ2v) is 5.75. The van der Waals surface area contributed by atoms with Gasteiger partial charge in [0.25, 0.3) is 5.91 Å². The maximum absolute atomic E-state index is 13.0. The van der Waals surface area contributed by atoms with Crippen molar-refractivity contribution in [1.82, 2.24) is 4.90 Å². The minimum atomic E-state index is 0.0994. The molecule has 2 N–H and O–H groups in total. The average Bonchev–Trinajstić information content (AvgIpc) is 2.53. The normalized spacial score (nSPS) is 24.8. The Morgan fingerprint density at radius 1 is 1.38 bits per heavy atom. The Balaban J connectivity index is 1.90. The molecule has 0 spiro atoms. The van der Waals surface area contributed by atoms with Crippen LogP contribution in [0.15, 0.2) is 18.2 Å². The minimum Gasteiger partial charge on any atom is -0.382 e. The van der Waals surface area contributed by atoms with Gasteiger partial charge in [-0.1, -0.05) is 13.0 Å². The molecule has 3 rings (SSSR count). The number of ether oxygens (including phenoxy) is 1. The van der Waals surface area contributed by atoms with Crippen LogP contribution in [0.2, 0.25) is 0 Å². The summed E-state index contributed by atoms with van der Waals surface area (Å²) in [6.45, 7) is 7.14. The summed E-state index contributed by atoms with van der Waals surface area (Å²) >= 11 is 0. The van der Waals surface area contributed by atoms with Crippen molar-refractivity contribution in [3.8, 4) is 0 Å². The van der Waals surface area contributed by atoms with E-state index < -0.39 is 0 Å². The molecule has 0 saturated carbocycles. The van der Waals surface area contributed by atoms with Crippen LogP contribution >= 0.6 is 0 Å². The zero-order chi connectivity index (χ0) is 14.8. The highest BCUT2D eigenvalue weighted by atomic mass is 16.5. The Labute approximate surface area is 125 Å². The summed E-state index contributed by atoms with van der Waals surface area (Å²) in [5.41, 5.74) is 2.71. The monoisotopic (exact) mass is 289 g/mol. The molecule has 0 bridgehead atoms. The zero-order valence-electron chi connectivity index (χ0n) is 12.7. The summed E-state index contributed by atoms with van der Waals surface area (Å²) in [4.78, 5) is 15.0. The summed E-state index contributed by atoms with van der Waals surface area (Å²) in [6, 6.07) is 6.03. The SMILES string of the molecule is CCC1COC(C)CN1C(=O)c1cccc2c1NCCN2. The van der Waals surface area contributed by atoms with Gasteiger partial charge in [0, 0.05) is 19.6 Å². The lowest BCUT2D eigenvalue weighted by Crippen LogP contribution is -2.51. The number of nitrogens with zero attached hydrogens (tertiary/aromatic N) is 1. The van der Waals surface area contributed by atoms with Crippen LogP contribution in [0.5, 0.6) is 0 Å². The molecule has 2 atom stereocenters. The molecular formula is C16H23N3O2. The van der Waals surface area contributed by atoms with Gasteiger partial charge in [-0.3, -0.25) is 4.79 Å². The van der Waals surface area contributed by atoms with Crippen LogP contribution in [0.3, 0.4) is 0 Å². The van der Waals surface area contributed by atoms with Gasteiger partial charge in [0.1, 0.15) is 0 Å². The second-order valence-electron chi connectivity index (χ2n) is 5.75. The van der Waals surface area contributed by atoms with Crippen LogP contribution in [-0.2, 0) is 4.74 Å². The maximum Gasteiger partial charge on any atom is 0.256 e. The Morgan fingerprint density at radius 3 is 3.00 bits per heavy atom. The Bertz CT molecular complexity index is 532. The summed E-state index contributed by atoms with van der Waals surface area (Å²) in [5, 5.41) is 6.69. The van der Waals surface area contributed by atoms with E-state index in [1.165, 1.54) is 0 Å². The molecule has 1 amide bonds. The van der Waals surface area contributed by atoms with Crippen molar-refractivity contribution in [2.75, 3.05) is 36.9 Å². The van der Waals surface area contributed by atoms with Crippen LogP contribution in [0.25, 0.3) is 0 Å². The number of carbonyl (C=O) groups is 1. The summed E-state index contributed by atoms with van der Waals surface area (Å²) in [6.07, 6.45) is 1.02. The van der Waals surface area contributed by atoms with Crippen molar-refractivity contribution in [1.29, 1.82) is 0 Å². The predicted molar refractivity (Wildman–Crippen MR) is 84.0 cm³/mol. The fourth-order valence-corrected chi connectivity index (χ4v) is 3.04. The van der Waals surface area contributed by atoms with Crippen molar-refractivity contribution in [3.05, 3.63) is 23.8 Å². The third kappa shape index (κ3) is 2.70. The highest BCUT2D eigenvalue weighted by molar-refractivity contribution is 6.03. The van der Waals surface area contributed by atoms with E-state index in [2.05, 4.69) is 17.6 Å². The third-order valence-corrected chi connectivity index (χ3v) is 4.24. The molecule has 2 aliphatic heterocycles. The van der Waals surface area contributed by atoms with Crippen molar-refractivity contribution >= 4 is 17.3 Å². The zero-order valence-corrected chi connectivity index (χ0v) is 12.7. The largest absolute Gasteiger partial charge is 0.382 e. The van der Waals surface area contributed by atoms with E-state index in [4.69, 9.17) is 4.74 Å². The first-order valence-electron chi connectivity index (χ1n) is 7.74. The fraction of sp³-hybridized carbons (Fsp3) is 0.562. The number of anilines is 2. The molecular weight excluding hydrogens is 266 g/mol. The predicted octanol–water partition coefficient (Wildman–Crippen LogP) is 2.16. The molecule has 5 heteroatoms. The first-order chi connectivity index (χ1) is 10.2. The average molecular weight is 289 g/mol. The van der Waals surface area contributed by atoms with Gasteiger partial charge in [-0.15, -0.1) is 0 Å².